The smallest absolute Gasteiger partial charge is 0.263 e. The second-order valence-electron chi connectivity index (χ2n) is 6.74. The van der Waals surface area contributed by atoms with Crippen LogP contribution in [0.4, 0.5) is 0 Å². The molecule has 1 amide bonds. The topological polar surface area (TPSA) is 55.1 Å². The minimum atomic E-state index is -0.252. The number of rotatable bonds is 3. The van der Waals surface area contributed by atoms with E-state index in [1.165, 1.54) is 11.3 Å². The quantitative estimate of drug-likeness (QED) is 0.841. The van der Waals surface area contributed by atoms with Crippen LogP contribution in [0.1, 0.15) is 56.3 Å². The molecule has 0 saturated heterocycles. The first-order valence-corrected chi connectivity index (χ1v) is 7.61. The Morgan fingerprint density at radius 1 is 1.35 bits per heavy atom. The second kappa shape index (κ2) is 6.43. The van der Waals surface area contributed by atoms with Crippen LogP contribution >= 0.6 is 11.3 Å². The summed E-state index contributed by atoms with van der Waals surface area (Å²) in [6.45, 7) is 10.9. The van der Waals surface area contributed by atoms with E-state index in [9.17, 15) is 4.79 Å². The van der Waals surface area contributed by atoms with Gasteiger partial charge in [-0.2, -0.15) is 0 Å². The average Bonchev–Trinajstić information content (AvgIpc) is 2.69. The summed E-state index contributed by atoms with van der Waals surface area (Å²) in [4.78, 5) is 13.1. The van der Waals surface area contributed by atoms with Crippen molar-refractivity contribution in [3.63, 3.8) is 0 Å². The van der Waals surface area contributed by atoms with Crippen molar-refractivity contribution < 1.29 is 4.79 Å². The summed E-state index contributed by atoms with van der Waals surface area (Å²) in [7, 11) is 0. The number of nitrogens with two attached hydrogens (primary N) is 1. The molecule has 0 saturated carbocycles. The van der Waals surface area contributed by atoms with Crippen LogP contribution in [0, 0.1) is 17.3 Å². The van der Waals surface area contributed by atoms with E-state index in [0.29, 0.717) is 11.4 Å². The zero-order chi connectivity index (χ0) is 15.4. The fourth-order valence-electron chi connectivity index (χ4n) is 2.46. The number of hydrogen-bond acceptors (Lipinski definition) is 3. The third-order valence-corrected chi connectivity index (χ3v) is 3.53. The van der Waals surface area contributed by atoms with Gasteiger partial charge in [-0.15, -0.1) is 11.3 Å². The first-order valence-electron chi connectivity index (χ1n) is 6.73. The third-order valence-electron chi connectivity index (χ3n) is 2.62. The molecule has 1 aromatic heterocycles. The normalized spacial score (nSPS) is 11.7. The lowest BCUT2D eigenvalue weighted by molar-refractivity contribution is 0.0895. The highest BCUT2D eigenvalue weighted by Gasteiger charge is 2.28. The van der Waals surface area contributed by atoms with Crippen LogP contribution in [0.25, 0.3) is 0 Å². The molecule has 0 aliphatic rings. The van der Waals surface area contributed by atoms with Crippen molar-refractivity contribution in [3.05, 3.63) is 21.9 Å². The highest BCUT2D eigenvalue weighted by Crippen LogP contribution is 2.27. The number of carbonyl (C=O) groups is 1. The lowest BCUT2D eigenvalue weighted by Gasteiger charge is -2.33. The van der Waals surface area contributed by atoms with Gasteiger partial charge in [-0.1, -0.05) is 32.6 Å². The van der Waals surface area contributed by atoms with E-state index in [2.05, 4.69) is 51.8 Å². The van der Waals surface area contributed by atoms with Crippen LogP contribution in [-0.2, 0) is 0 Å². The molecule has 0 unspecified atom stereocenters. The Labute approximate surface area is 126 Å². The first kappa shape index (κ1) is 16.7. The largest absolute Gasteiger partial charge is 0.346 e. The monoisotopic (exact) mass is 292 g/mol. The van der Waals surface area contributed by atoms with Crippen molar-refractivity contribution in [1.29, 1.82) is 0 Å². The van der Waals surface area contributed by atoms with Crippen LogP contribution in [0.3, 0.4) is 0 Å². The maximum atomic E-state index is 12.4. The number of thiophene rings is 1. The molecule has 3 nitrogen and oxygen atoms in total. The Hall–Kier alpha value is -1.31. The molecule has 1 heterocycles. The van der Waals surface area contributed by atoms with E-state index in [-0.39, 0.29) is 16.9 Å². The number of nitrogens with one attached hydrogen (secondary N) is 1. The second-order valence-corrected chi connectivity index (χ2v) is 7.66. The van der Waals surface area contributed by atoms with E-state index < -0.39 is 0 Å². The van der Waals surface area contributed by atoms with Gasteiger partial charge in [-0.05, 0) is 37.1 Å². The van der Waals surface area contributed by atoms with E-state index in [1.807, 2.05) is 11.4 Å². The molecule has 0 spiro atoms. The van der Waals surface area contributed by atoms with Crippen LogP contribution in [-0.4, -0.2) is 18.0 Å². The summed E-state index contributed by atoms with van der Waals surface area (Å²) in [5.41, 5.74) is 6.03. The molecule has 1 rings (SSSR count). The van der Waals surface area contributed by atoms with Crippen LogP contribution < -0.4 is 11.1 Å². The Balaban J connectivity index is 2.84. The molecule has 0 aliphatic heterocycles. The summed E-state index contributed by atoms with van der Waals surface area (Å²) < 4.78 is 0. The van der Waals surface area contributed by atoms with Crippen molar-refractivity contribution in [3.8, 4) is 11.8 Å². The summed E-state index contributed by atoms with van der Waals surface area (Å²) in [5.74, 6) is 5.67. The fourth-order valence-corrected chi connectivity index (χ4v) is 3.21. The van der Waals surface area contributed by atoms with E-state index in [0.717, 1.165) is 12.0 Å². The van der Waals surface area contributed by atoms with E-state index in [4.69, 9.17) is 5.73 Å². The number of amides is 1. The van der Waals surface area contributed by atoms with Gasteiger partial charge in [0, 0.05) is 11.1 Å². The average molecular weight is 292 g/mol. The molecule has 1 aromatic rings. The summed E-state index contributed by atoms with van der Waals surface area (Å²) in [6, 6.07) is 1.86. The van der Waals surface area contributed by atoms with E-state index in [1.54, 1.807) is 0 Å². The molecule has 110 valence electrons. The lowest BCUT2D eigenvalue weighted by atomic mass is 9.82. The minimum Gasteiger partial charge on any atom is -0.346 e. The predicted molar refractivity (Wildman–Crippen MR) is 85.9 cm³/mol. The third kappa shape index (κ3) is 5.36. The van der Waals surface area contributed by atoms with Gasteiger partial charge >= 0.3 is 0 Å². The van der Waals surface area contributed by atoms with E-state index >= 15 is 0 Å². The zero-order valence-electron chi connectivity index (χ0n) is 13.0. The van der Waals surface area contributed by atoms with Crippen molar-refractivity contribution in [2.75, 3.05) is 6.54 Å². The molecule has 20 heavy (non-hydrogen) atoms. The molecule has 0 fully saturated rings. The standard InChI is InChI=1S/C16H24N2OS/c1-15(2,3)11-16(4,5)18-14(19)13-12(7-6-9-17)8-10-20-13/h8,10H,9,11,17H2,1-5H3,(H,18,19). The van der Waals surface area contributed by atoms with Crippen LogP contribution in [0.2, 0.25) is 0 Å². The molecule has 0 bridgehead atoms. The van der Waals surface area contributed by atoms with Crippen molar-refractivity contribution in [1.82, 2.24) is 5.32 Å². The molecular formula is C16H24N2OS. The molecule has 3 N–H and O–H groups in total. The highest BCUT2D eigenvalue weighted by molar-refractivity contribution is 7.12. The highest BCUT2D eigenvalue weighted by atomic mass is 32.1. The van der Waals surface area contributed by atoms with Crippen molar-refractivity contribution in [2.45, 2.75) is 46.6 Å². The van der Waals surface area contributed by atoms with Crippen molar-refractivity contribution >= 4 is 17.2 Å². The number of carbonyl (C=O) groups excluding carboxylic acids is 1. The Kier molecular flexibility index (Phi) is 5.38. The lowest BCUT2D eigenvalue weighted by Crippen LogP contribution is -2.45. The van der Waals surface area contributed by atoms with Gasteiger partial charge in [0.05, 0.1) is 6.54 Å². The van der Waals surface area contributed by atoms with Gasteiger partial charge in [0.1, 0.15) is 4.88 Å². The Morgan fingerprint density at radius 2 is 2.00 bits per heavy atom. The van der Waals surface area contributed by atoms with Gasteiger partial charge in [0.15, 0.2) is 0 Å². The van der Waals surface area contributed by atoms with Gasteiger partial charge in [0.2, 0.25) is 0 Å². The van der Waals surface area contributed by atoms with Crippen LogP contribution in [0.5, 0.6) is 0 Å². The maximum absolute atomic E-state index is 12.4. The maximum Gasteiger partial charge on any atom is 0.263 e. The van der Waals surface area contributed by atoms with Crippen LogP contribution in [0.15, 0.2) is 11.4 Å². The summed E-state index contributed by atoms with van der Waals surface area (Å²) in [5, 5.41) is 4.99. The van der Waals surface area contributed by atoms with Gasteiger partial charge in [-0.3, -0.25) is 4.79 Å². The molecule has 0 aromatic carbocycles. The molecule has 0 radical (unpaired) electrons. The van der Waals surface area contributed by atoms with Gasteiger partial charge in [0.25, 0.3) is 5.91 Å². The molecular weight excluding hydrogens is 268 g/mol. The number of hydrogen-bond donors (Lipinski definition) is 2. The summed E-state index contributed by atoms with van der Waals surface area (Å²) in [6.07, 6.45) is 0.904. The summed E-state index contributed by atoms with van der Waals surface area (Å²) >= 11 is 1.41. The minimum absolute atomic E-state index is 0.0597. The molecule has 0 atom stereocenters. The van der Waals surface area contributed by atoms with Gasteiger partial charge < -0.3 is 11.1 Å². The fraction of sp³-hybridized carbons (Fsp3) is 0.562. The zero-order valence-corrected chi connectivity index (χ0v) is 13.8. The molecule has 4 heteroatoms. The predicted octanol–water partition coefficient (Wildman–Crippen LogP) is 3.00. The SMILES string of the molecule is CC(C)(C)CC(C)(C)NC(=O)c1sccc1C#CCN. The Bertz CT molecular complexity index is 527. The van der Waals surface area contributed by atoms with Gasteiger partial charge in [-0.25, -0.2) is 0 Å². The Morgan fingerprint density at radius 3 is 2.55 bits per heavy atom. The first-order chi connectivity index (χ1) is 9.14. The molecule has 0 aliphatic carbocycles. The van der Waals surface area contributed by atoms with Crippen molar-refractivity contribution in [2.24, 2.45) is 11.1 Å².